The molecule has 3 rings (SSSR count). The van der Waals surface area contributed by atoms with Gasteiger partial charge in [-0.2, -0.15) is 0 Å². The molecule has 2 heterocycles. The number of hydrogen-bond acceptors (Lipinski definition) is 3. The van der Waals surface area contributed by atoms with Crippen molar-refractivity contribution in [3.8, 4) is 5.75 Å². The van der Waals surface area contributed by atoms with Gasteiger partial charge in [0.05, 0.1) is 11.4 Å². The van der Waals surface area contributed by atoms with Gasteiger partial charge in [0.2, 0.25) is 0 Å². The maximum Gasteiger partial charge on any atom is 0.140 e. The van der Waals surface area contributed by atoms with Crippen molar-refractivity contribution in [2.75, 3.05) is 5.73 Å². The molecule has 0 atom stereocenters. The first-order valence-corrected chi connectivity index (χ1v) is 7.07. The summed E-state index contributed by atoms with van der Waals surface area (Å²) in [5.74, 6) is 0.148. The standard InChI is InChI=1S/C17H19N3O/c1-11-4-3-9-20-12(2)15(19-17(11)20)8-6-13-5-7-14(18)16(21)10-13/h3-5,7,9-10,21H,6,8,18H2,1-2H3. The minimum atomic E-state index is 0.148. The Morgan fingerprint density at radius 3 is 2.71 bits per heavy atom. The van der Waals surface area contributed by atoms with E-state index in [4.69, 9.17) is 10.7 Å². The number of nitrogens with two attached hydrogens (primary N) is 1. The molecule has 0 aliphatic heterocycles. The number of fused-ring (bicyclic) bond motifs is 1. The predicted molar refractivity (Wildman–Crippen MR) is 84.6 cm³/mol. The van der Waals surface area contributed by atoms with Crippen LogP contribution in [0.25, 0.3) is 5.65 Å². The number of imidazole rings is 1. The molecule has 0 saturated carbocycles. The van der Waals surface area contributed by atoms with E-state index in [1.54, 1.807) is 12.1 Å². The van der Waals surface area contributed by atoms with Gasteiger partial charge in [-0.1, -0.05) is 12.1 Å². The van der Waals surface area contributed by atoms with Crippen molar-refractivity contribution in [3.63, 3.8) is 0 Å². The Hall–Kier alpha value is -2.49. The van der Waals surface area contributed by atoms with Gasteiger partial charge in [-0.3, -0.25) is 0 Å². The van der Waals surface area contributed by atoms with Crippen LogP contribution < -0.4 is 5.73 Å². The number of rotatable bonds is 3. The monoisotopic (exact) mass is 281 g/mol. The second kappa shape index (κ2) is 5.13. The number of nitrogen functional groups attached to an aromatic ring is 1. The third-order valence-corrected chi connectivity index (χ3v) is 3.93. The Kier molecular flexibility index (Phi) is 3.29. The number of pyridine rings is 1. The Bertz CT molecular complexity index is 805. The van der Waals surface area contributed by atoms with Crippen molar-refractivity contribution in [1.82, 2.24) is 9.38 Å². The van der Waals surface area contributed by atoms with Crippen molar-refractivity contribution < 1.29 is 5.11 Å². The Morgan fingerprint density at radius 2 is 2.00 bits per heavy atom. The van der Waals surface area contributed by atoms with Crippen LogP contribution in [0.5, 0.6) is 5.75 Å². The number of anilines is 1. The van der Waals surface area contributed by atoms with Gasteiger partial charge in [0.25, 0.3) is 0 Å². The molecular weight excluding hydrogens is 262 g/mol. The van der Waals surface area contributed by atoms with Crippen molar-refractivity contribution in [2.24, 2.45) is 0 Å². The zero-order valence-corrected chi connectivity index (χ0v) is 12.3. The van der Waals surface area contributed by atoms with Gasteiger partial charge in [-0.15, -0.1) is 0 Å². The average molecular weight is 281 g/mol. The summed E-state index contributed by atoms with van der Waals surface area (Å²) in [6.07, 6.45) is 3.72. The van der Waals surface area contributed by atoms with Crippen molar-refractivity contribution in [2.45, 2.75) is 26.7 Å². The lowest BCUT2D eigenvalue weighted by Crippen LogP contribution is -1.95. The van der Waals surface area contributed by atoms with Crippen LogP contribution in [0, 0.1) is 13.8 Å². The maximum atomic E-state index is 9.66. The molecule has 1 aromatic carbocycles. The van der Waals surface area contributed by atoms with E-state index in [1.165, 1.54) is 11.3 Å². The van der Waals surface area contributed by atoms with Gasteiger partial charge < -0.3 is 15.2 Å². The lowest BCUT2D eigenvalue weighted by molar-refractivity contribution is 0.477. The number of benzene rings is 1. The lowest BCUT2D eigenvalue weighted by atomic mass is 10.1. The molecule has 4 nitrogen and oxygen atoms in total. The molecule has 4 heteroatoms. The van der Waals surface area contributed by atoms with Crippen LogP contribution in [0.3, 0.4) is 0 Å². The first-order chi connectivity index (χ1) is 10.1. The van der Waals surface area contributed by atoms with E-state index in [1.807, 2.05) is 18.3 Å². The van der Waals surface area contributed by atoms with Gasteiger partial charge in [0.15, 0.2) is 0 Å². The Labute approximate surface area is 123 Å². The van der Waals surface area contributed by atoms with Gasteiger partial charge in [-0.25, -0.2) is 4.98 Å². The van der Waals surface area contributed by atoms with Crippen LogP contribution in [-0.2, 0) is 12.8 Å². The number of phenolic OH excluding ortho intramolecular Hbond substituents is 1. The minimum Gasteiger partial charge on any atom is -0.506 e. The summed E-state index contributed by atoms with van der Waals surface area (Å²) in [6.45, 7) is 4.17. The van der Waals surface area contributed by atoms with E-state index in [-0.39, 0.29) is 5.75 Å². The first kappa shape index (κ1) is 13.5. The van der Waals surface area contributed by atoms with Crippen LogP contribution >= 0.6 is 0 Å². The topological polar surface area (TPSA) is 63.5 Å². The largest absolute Gasteiger partial charge is 0.506 e. The van der Waals surface area contributed by atoms with Crippen molar-refractivity contribution in [1.29, 1.82) is 0 Å². The van der Waals surface area contributed by atoms with E-state index < -0.39 is 0 Å². The maximum absolute atomic E-state index is 9.66. The zero-order valence-electron chi connectivity index (χ0n) is 12.3. The molecule has 0 spiro atoms. The highest BCUT2D eigenvalue weighted by Gasteiger charge is 2.10. The van der Waals surface area contributed by atoms with Crippen molar-refractivity contribution >= 4 is 11.3 Å². The van der Waals surface area contributed by atoms with E-state index in [2.05, 4.69) is 24.3 Å². The highest BCUT2D eigenvalue weighted by Crippen LogP contribution is 2.22. The smallest absolute Gasteiger partial charge is 0.140 e. The number of aromatic nitrogens is 2. The number of aromatic hydroxyl groups is 1. The molecule has 0 fully saturated rings. The predicted octanol–water partition coefficient (Wildman–Crippen LogP) is 3.02. The summed E-state index contributed by atoms with van der Waals surface area (Å²) in [6, 6.07) is 9.53. The number of phenols is 1. The second-order valence-electron chi connectivity index (χ2n) is 5.42. The third kappa shape index (κ3) is 2.44. The van der Waals surface area contributed by atoms with Crippen molar-refractivity contribution in [3.05, 3.63) is 59.0 Å². The molecule has 0 bridgehead atoms. The van der Waals surface area contributed by atoms with E-state index >= 15 is 0 Å². The fourth-order valence-corrected chi connectivity index (χ4v) is 2.61. The molecule has 21 heavy (non-hydrogen) atoms. The summed E-state index contributed by atoms with van der Waals surface area (Å²) in [7, 11) is 0. The second-order valence-corrected chi connectivity index (χ2v) is 5.42. The molecule has 0 aliphatic carbocycles. The third-order valence-electron chi connectivity index (χ3n) is 3.93. The van der Waals surface area contributed by atoms with Gasteiger partial charge in [0.1, 0.15) is 11.4 Å². The lowest BCUT2D eigenvalue weighted by Gasteiger charge is -2.04. The first-order valence-electron chi connectivity index (χ1n) is 7.07. The molecule has 0 unspecified atom stereocenters. The minimum absolute atomic E-state index is 0.148. The van der Waals surface area contributed by atoms with Gasteiger partial charge in [0, 0.05) is 11.9 Å². The summed E-state index contributed by atoms with van der Waals surface area (Å²) < 4.78 is 2.13. The SMILES string of the molecule is Cc1cccn2c(C)c(CCc3ccc(N)c(O)c3)nc12. The number of nitrogens with zero attached hydrogens (tertiary/aromatic N) is 2. The molecule has 0 aliphatic rings. The molecule has 3 aromatic rings. The molecule has 0 amide bonds. The molecule has 108 valence electrons. The molecule has 2 aromatic heterocycles. The average Bonchev–Trinajstić information content (AvgIpc) is 2.79. The highest BCUT2D eigenvalue weighted by molar-refractivity contribution is 5.53. The highest BCUT2D eigenvalue weighted by atomic mass is 16.3. The van der Waals surface area contributed by atoms with E-state index in [0.717, 1.165) is 29.7 Å². The molecule has 0 saturated heterocycles. The van der Waals surface area contributed by atoms with Crippen LogP contribution in [0.1, 0.15) is 22.5 Å². The quantitative estimate of drug-likeness (QED) is 0.573. The summed E-state index contributed by atoms with van der Waals surface area (Å²) in [4.78, 5) is 4.74. The summed E-state index contributed by atoms with van der Waals surface area (Å²) in [5, 5.41) is 9.66. The zero-order chi connectivity index (χ0) is 15.0. The van der Waals surface area contributed by atoms with Crippen LogP contribution in [0.2, 0.25) is 0 Å². The number of hydrogen-bond donors (Lipinski definition) is 2. The van der Waals surface area contributed by atoms with E-state index in [9.17, 15) is 5.11 Å². The van der Waals surface area contributed by atoms with Gasteiger partial charge >= 0.3 is 0 Å². The van der Waals surface area contributed by atoms with Crippen LogP contribution in [0.4, 0.5) is 5.69 Å². The fourth-order valence-electron chi connectivity index (χ4n) is 2.61. The summed E-state index contributed by atoms with van der Waals surface area (Å²) in [5.41, 5.74) is 11.6. The normalized spacial score (nSPS) is 11.1. The summed E-state index contributed by atoms with van der Waals surface area (Å²) >= 11 is 0. The van der Waals surface area contributed by atoms with Gasteiger partial charge in [-0.05, 0) is 56.0 Å². The molecule has 0 radical (unpaired) electrons. The Morgan fingerprint density at radius 1 is 1.19 bits per heavy atom. The molecular formula is C17H19N3O. The van der Waals surface area contributed by atoms with Crippen LogP contribution in [0.15, 0.2) is 36.5 Å². The van der Waals surface area contributed by atoms with E-state index in [0.29, 0.717) is 5.69 Å². The van der Waals surface area contributed by atoms with Crippen LogP contribution in [-0.4, -0.2) is 14.5 Å². The molecule has 3 N–H and O–H groups in total. The Balaban J connectivity index is 1.86. The fraction of sp³-hybridized carbons (Fsp3) is 0.235. The number of aryl methyl sites for hydroxylation is 4.